The number of hydrogen-bond donors (Lipinski definition) is 1. The maximum absolute atomic E-state index is 10.6. The Hall–Kier alpha value is -4.21. The summed E-state index contributed by atoms with van der Waals surface area (Å²) in [5.41, 5.74) is 9.52. The summed E-state index contributed by atoms with van der Waals surface area (Å²) >= 11 is 0. The van der Waals surface area contributed by atoms with E-state index in [0.29, 0.717) is 5.41 Å². The number of carbonyl (C=O) groups excluding carboxylic acids is 1. The molecule has 5 nitrogen and oxygen atoms in total. The summed E-state index contributed by atoms with van der Waals surface area (Å²) in [4.78, 5) is 23.6. The fourth-order valence-electron chi connectivity index (χ4n) is 8.21. The standard InChI is InChI=1S/C19H18P.C9H12O2.C9H14.C7H10.C6H8O.C2H4N2.8C2H6.BrH/c1-20(17-11-5-2-6-12-17,18-13-7-3-8-14-18)19-15-9-4-10-16-19;10-8(11)7-6-9(7)4-2-1-3-5-9;1-8-7-9(8)5-3-2-4-6-9;1-7-5-3-2-4-6-7;7-6-4-2-1-3-5-6;1-2-4-3;8*1-2;/h2-16H,1H3;2,4,7H,1,3,5-6H2,(H,10,11);3,5,8H,2,4,6-7H2,1H3;3,5H,1-2,4,6H2;2,4H,1,3,5H2;2H,1H3;8*1-2H3;1H/q+1;;;;;;;;;;;;;;/p-1. The lowest BCUT2D eigenvalue weighted by Gasteiger charge is -2.22. The van der Waals surface area contributed by atoms with Crippen LogP contribution in [-0.2, 0) is 9.59 Å². The molecule has 2 saturated carbocycles. The van der Waals surface area contributed by atoms with Gasteiger partial charge in [0.05, 0.1) is 12.6 Å². The van der Waals surface area contributed by atoms with Gasteiger partial charge in [-0.15, -0.1) is 0 Å². The first-order chi connectivity index (χ1) is 36.1. The van der Waals surface area contributed by atoms with E-state index in [2.05, 4.69) is 152 Å². The van der Waals surface area contributed by atoms with Crippen LogP contribution >= 0.6 is 7.26 Å². The van der Waals surface area contributed by atoms with Gasteiger partial charge < -0.3 is 27.6 Å². The second-order valence-electron chi connectivity index (χ2n) is 16.4. The van der Waals surface area contributed by atoms with Crippen LogP contribution in [0, 0.1) is 22.7 Å². The lowest BCUT2D eigenvalue weighted by molar-refractivity contribution is -0.139. The van der Waals surface area contributed by atoms with E-state index in [1.807, 2.05) is 117 Å². The van der Waals surface area contributed by atoms with E-state index in [-0.39, 0.29) is 34.1 Å². The van der Waals surface area contributed by atoms with E-state index in [1.165, 1.54) is 79.1 Å². The van der Waals surface area contributed by atoms with Gasteiger partial charge in [-0.1, -0.05) is 227 Å². The first kappa shape index (κ1) is 82.1. The Morgan fingerprint density at radius 3 is 1.11 bits per heavy atom. The number of carboxylic acid groups (broad SMARTS) is 1. The lowest BCUT2D eigenvalue weighted by Crippen LogP contribution is -3.00. The SMILES string of the molecule is C=C1C=CCCC1.CC.CC.CC.CC.CC.CC.CC.CC.CC1CC12C=CCCC2.CC=[N+]=[N-].C[P+](c1ccccc1)(c1ccccc1)c1ccccc1.O=C(O)C1CC12C=CCCC2.O=C1C=CCCC1.[Br-]. The van der Waals surface area contributed by atoms with Gasteiger partial charge in [0, 0.05) is 18.8 Å². The van der Waals surface area contributed by atoms with Crippen LogP contribution in [0.5, 0.6) is 0 Å². The Labute approximate surface area is 476 Å². The van der Waals surface area contributed by atoms with Gasteiger partial charge in [-0.05, 0) is 137 Å². The fourth-order valence-corrected chi connectivity index (χ4v) is 11.4. The molecule has 1 N–H and O–H groups in total. The summed E-state index contributed by atoms with van der Waals surface area (Å²) < 4.78 is 0. The third-order valence-corrected chi connectivity index (χ3v) is 16.1. The van der Waals surface area contributed by atoms with Gasteiger partial charge in [0.25, 0.3) is 6.21 Å². The van der Waals surface area contributed by atoms with Crippen LogP contribution in [0.2, 0.25) is 0 Å². The molecular weight excluding hydrogens is 1000 g/mol. The largest absolute Gasteiger partial charge is 1.00 e. The highest BCUT2D eigenvalue weighted by Crippen LogP contribution is 2.59. The molecule has 6 aliphatic carbocycles. The number of benzene rings is 3. The number of nitrogens with zero attached hydrogens (tertiary/aromatic N) is 2. The van der Waals surface area contributed by atoms with E-state index in [0.717, 1.165) is 44.4 Å². The van der Waals surface area contributed by atoms with E-state index in [9.17, 15) is 9.59 Å². The molecule has 4 atom stereocenters. The average molecular weight is 1120 g/mol. The van der Waals surface area contributed by atoms with Crippen LogP contribution in [0.15, 0.2) is 152 Å². The summed E-state index contributed by atoms with van der Waals surface area (Å²) in [5, 5.41) is 13.0. The van der Waals surface area contributed by atoms with Gasteiger partial charge >= 0.3 is 5.97 Å². The number of aliphatic carboxylic acids is 1. The summed E-state index contributed by atoms with van der Waals surface area (Å²) in [7, 11) is -1.53. The van der Waals surface area contributed by atoms with Crippen LogP contribution in [0.25, 0.3) is 5.53 Å². The summed E-state index contributed by atoms with van der Waals surface area (Å²) in [6.45, 7) is 42.2. The van der Waals surface area contributed by atoms with Crippen molar-refractivity contribution in [3.05, 3.63) is 157 Å². The van der Waals surface area contributed by atoms with Crippen molar-refractivity contribution in [1.82, 2.24) is 0 Å². The topological polar surface area (TPSA) is 90.8 Å². The molecule has 0 radical (unpaired) electrons. The van der Waals surface area contributed by atoms with E-state index < -0.39 is 13.2 Å². The predicted molar refractivity (Wildman–Crippen MR) is 338 cm³/mol. The molecule has 3 aromatic carbocycles. The van der Waals surface area contributed by atoms with Crippen molar-refractivity contribution in [3.63, 3.8) is 0 Å². The Balaban J connectivity index is -0.000000189. The number of carbonyl (C=O) groups is 2. The minimum atomic E-state index is -1.53. The molecule has 75 heavy (non-hydrogen) atoms. The molecule has 0 bridgehead atoms. The number of allylic oxidation sites excluding steroid dienone is 9. The smallest absolute Gasteiger partial charge is 0.307 e. The van der Waals surface area contributed by atoms with E-state index in [1.54, 1.807) is 13.0 Å². The Bertz CT molecular complexity index is 1800. The zero-order valence-corrected chi connectivity index (χ0v) is 54.1. The molecule has 2 fully saturated rings. The second kappa shape index (κ2) is 56.0. The first-order valence-electron chi connectivity index (χ1n) is 29.4. The predicted octanol–water partition coefficient (Wildman–Crippen LogP) is 17.3. The normalized spacial score (nSPS) is 19.4. The van der Waals surface area contributed by atoms with Crippen molar-refractivity contribution >= 4 is 41.1 Å². The summed E-state index contributed by atoms with van der Waals surface area (Å²) in [6, 6.07) is 32.6. The molecule has 426 valence electrons. The minimum Gasteiger partial charge on any atom is -1.00 e. The Morgan fingerprint density at radius 2 is 0.920 bits per heavy atom. The van der Waals surface area contributed by atoms with Crippen LogP contribution in [0.3, 0.4) is 0 Å². The lowest BCUT2D eigenvalue weighted by atomic mass is 9.91. The molecule has 9 rings (SSSR count). The van der Waals surface area contributed by atoms with Crippen LogP contribution in [0.4, 0.5) is 0 Å². The highest BCUT2D eigenvalue weighted by Gasteiger charge is 2.56. The molecule has 2 spiro atoms. The van der Waals surface area contributed by atoms with Gasteiger partial charge in [-0.25, -0.2) is 0 Å². The van der Waals surface area contributed by atoms with Crippen molar-refractivity contribution < 1.29 is 36.5 Å². The van der Waals surface area contributed by atoms with Gasteiger partial charge in [-0.3, -0.25) is 9.59 Å². The maximum atomic E-state index is 10.6. The monoisotopic (exact) mass is 1120 g/mol. The molecular formula is C68H114BrN2O3P. The molecule has 6 aliphatic rings. The fraction of sp³-hybridized carbons (Fsp3) is 0.544. The third kappa shape index (κ3) is 34.2. The van der Waals surface area contributed by atoms with Crippen LogP contribution in [-0.4, -0.2) is 34.5 Å². The third-order valence-electron chi connectivity index (χ3n) is 12.1. The molecule has 0 aliphatic heterocycles. The average Bonchev–Trinajstić information content (AvgIpc) is 4.39. The highest BCUT2D eigenvalue weighted by atomic mass is 79.9. The number of halogens is 1. The quantitative estimate of drug-likeness (QED) is 0.0928. The van der Waals surface area contributed by atoms with E-state index in [4.69, 9.17) is 10.6 Å². The van der Waals surface area contributed by atoms with Crippen LogP contribution < -0.4 is 32.9 Å². The zero-order valence-electron chi connectivity index (χ0n) is 51.6. The minimum absolute atomic E-state index is 0. The van der Waals surface area contributed by atoms with Gasteiger partial charge in [0.1, 0.15) is 23.2 Å². The first-order valence-corrected chi connectivity index (χ1v) is 31.6. The Morgan fingerprint density at radius 1 is 0.587 bits per heavy atom. The molecule has 0 amide bonds. The van der Waals surface area contributed by atoms with Gasteiger partial charge in [-0.2, -0.15) is 4.79 Å². The van der Waals surface area contributed by atoms with E-state index >= 15 is 0 Å². The van der Waals surface area contributed by atoms with Crippen LogP contribution in [0.1, 0.15) is 215 Å². The number of ketones is 1. The maximum Gasteiger partial charge on any atom is 0.307 e. The molecule has 0 saturated heterocycles. The second-order valence-corrected chi connectivity index (χ2v) is 19.9. The van der Waals surface area contributed by atoms with Crippen molar-refractivity contribution in [2.75, 3.05) is 6.66 Å². The molecule has 7 heteroatoms. The number of carboxylic acids is 1. The molecule has 3 aromatic rings. The Kier molecular flexibility index (Phi) is 61.3. The zero-order chi connectivity index (χ0) is 57.7. The van der Waals surface area contributed by atoms with Crippen molar-refractivity contribution in [2.24, 2.45) is 22.7 Å². The molecule has 0 heterocycles. The number of hydrogen-bond acceptors (Lipinski definition) is 2. The summed E-state index contributed by atoms with van der Waals surface area (Å²) in [5.74, 6) is 0.593. The molecule has 4 unspecified atom stereocenters. The van der Waals surface area contributed by atoms with Gasteiger partial charge in [0.2, 0.25) is 0 Å². The number of rotatable bonds is 4. The van der Waals surface area contributed by atoms with Crippen molar-refractivity contribution in [1.29, 1.82) is 0 Å². The van der Waals surface area contributed by atoms with Gasteiger partial charge in [0.15, 0.2) is 5.78 Å². The molecule has 0 aromatic heterocycles. The highest BCUT2D eigenvalue weighted by molar-refractivity contribution is 7.95. The van der Waals surface area contributed by atoms with Crippen molar-refractivity contribution in [2.45, 2.75) is 215 Å². The van der Waals surface area contributed by atoms with Crippen molar-refractivity contribution in [3.8, 4) is 0 Å². The summed E-state index contributed by atoms with van der Waals surface area (Å²) in [6.07, 6.45) is 34.9.